The molecule has 0 atom stereocenters. The van der Waals surface area contributed by atoms with Crippen LogP contribution in [0.5, 0.6) is 0 Å². The number of unbranched alkanes of at least 4 members (excludes halogenated alkanes) is 6. The fourth-order valence-electron chi connectivity index (χ4n) is 5.30. The molecule has 2 nitrogen and oxygen atoms in total. The number of benzene rings is 3. The molecule has 0 aliphatic carbocycles. The molecule has 3 aromatic rings. The minimum absolute atomic E-state index is 0.164. The van der Waals surface area contributed by atoms with Gasteiger partial charge < -0.3 is 9.47 Å². The average molecular weight is 551 g/mol. The first-order chi connectivity index (χ1) is 19.5. The quantitative estimate of drug-likeness (QED) is 0.147. The molecule has 0 unspecified atom stereocenters. The molecule has 214 valence electrons. The zero-order chi connectivity index (χ0) is 28.3. The largest absolute Gasteiger partial charge is 0.352 e. The molecular formula is C35H41F3O2. The van der Waals surface area contributed by atoms with Gasteiger partial charge in [-0.05, 0) is 53.1 Å². The summed E-state index contributed by atoms with van der Waals surface area (Å²) in [7, 11) is 0. The highest BCUT2D eigenvalue weighted by Gasteiger charge is 2.25. The van der Waals surface area contributed by atoms with E-state index in [1.54, 1.807) is 30.3 Å². The topological polar surface area (TPSA) is 18.5 Å². The van der Waals surface area contributed by atoms with Crippen molar-refractivity contribution in [3.05, 3.63) is 95.8 Å². The minimum Gasteiger partial charge on any atom is -0.352 e. The van der Waals surface area contributed by atoms with E-state index in [9.17, 15) is 8.78 Å². The maximum absolute atomic E-state index is 15.1. The molecule has 4 rings (SSSR count). The Morgan fingerprint density at radius 3 is 2.10 bits per heavy atom. The zero-order valence-electron chi connectivity index (χ0n) is 23.6. The van der Waals surface area contributed by atoms with Crippen LogP contribution in [-0.2, 0) is 15.9 Å². The number of aryl methyl sites for hydroxylation is 1. The molecule has 0 bridgehead atoms. The van der Waals surface area contributed by atoms with Gasteiger partial charge in [0.1, 0.15) is 5.82 Å². The zero-order valence-corrected chi connectivity index (χ0v) is 23.6. The standard InChI is InChI=1S/C35H41F3O2/c1-3-5-7-8-9-10-11-12-27-18-21-31(35(38)34(27)37)26-16-14-25(15-17-26)28-19-20-30(32(36)22-28)29-23-39-33(40-24-29)13-6-4-2/h4,14-22,29,33H,2-3,5-13,23-24H2,1H3. The van der Waals surface area contributed by atoms with E-state index < -0.39 is 11.6 Å². The SMILES string of the molecule is C=CCCC1OCC(c2ccc(-c3ccc(-c4ccc(CCCCCCCCC)c(F)c4F)cc3)cc2F)CO1. The highest BCUT2D eigenvalue weighted by molar-refractivity contribution is 5.71. The van der Waals surface area contributed by atoms with Gasteiger partial charge in [0, 0.05) is 17.9 Å². The molecule has 0 radical (unpaired) electrons. The Morgan fingerprint density at radius 2 is 1.43 bits per heavy atom. The van der Waals surface area contributed by atoms with Gasteiger partial charge in [0.2, 0.25) is 0 Å². The average Bonchev–Trinajstić information content (AvgIpc) is 2.98. The van der Waals surface area contributed by atoms with Crippen molar-refractivity contribution in [1.82, 2.24) is 0 Å². The monoisotopic (exact) mass is 550 g/mol. The molecule has 0 spiro atoms. The summed E-state index contributed by atoms with van der Waals surface area (Å²) in [6.45, 7) is 6.72. The van der Waals surface area contributed by atoms with Crippen LogP contribution < -0.4 is 0 Å². The summed E-state index contributed by atoms with van der Waals surface area (Å²) in [4.78, 5) is 0. The molecule has 5 heteroatoms. The molecule has 1 aliphatic rings. The van der Waals surface area contributed by atoms with E-state index in [0.717, 1.165) is 37.7 Å². The number of rotatable bonds is 14. The van der Waals surface area contributed by atoms with Crippen LogP contribution in [0, 0.1) is 17.5 Å². The lowest BCUT2D eigenvalue weighted by atomic mass is 9.94. The lowest BCUT2D eigenvalue weighted by Gasteiger charge is -2.29. The summed E-state index contributed by atoms with van der Waals surface area (Å²) in [6.07, 6.45) is 11.6. The molecule has 1 saturated heterocycles. The van der Waals surface area contributed by atoms with Gasteiger partial charge in [-0.25, -0.2) is 13.2 Å². The lowest BCUT2D eigenvalue weighted by molar-refractivity contribution is -0.189. The Labute approximate surface area is 237 Å². The van der Waals surface area contributed by atoms with Gasteiger partial charge in [-0.3, -0.25) is 0 Å². The molecule has 3 aromatic carbocycles. The molecule has 0 saturated carbocycles. The van der Waals surface area contributed by atoms with E-state index in [2.05, 4.69) is 13.5 Å². The van der Waals surface area contributed by atoms with Gasteiger partial charge in [-0.15, -0.1) is 6.58 Å². The molecule has 40 heavy (non-hydrogen) atoms. The molecule has 1 aliphatic heterocycles. The predicted molar refractivity (Wildman–Crippen MR) is 157 cm³/mol. The van der Waals surface area contributed by atoms with E-state index in [-0.39, 0.29) is 23.6 Å². The van der Waals surface area contributed by atoms with Crippen molar-refractivity contribution in [2.45, 2.75) is 83.3 Å². The van der Waals surface area contributed by atoms with Crippen molar-refractivity contribution in [1.29, 1.82) is 0 Å². The van der Waals surface area contributed by atoms with Gasteiger partial charge in [-0.2, -0.15) is 0 Å². The van der Waals surface area contributed by atoms with Crippen molar-refractivity contribution in [2.24, 2.45) is 0 Å². The Balaban J connectivity index is 1.36. The van der Waals surface area contributed by atoms with E-state index in [1.807, 2.05) is 24.3 Å². The first kappa shape index (κ1) is 30.1. The highest BCUT2D eigenvalue weighted by Crippen LogP contribution is 2.32. The third-order valence-electron chi connectivity index (χ3n) is 7.75. The van der Waals surface area contributed by atoms with Crippen LogP contribution in [0.3, 0.4) is 0 Å². The second-order valence-electron chi connectivity index (χ2n) is 10.7. The van der Waals surface area contributed by atoms with Crippen molar-refractivity contribution < 1.29 is 22.6 Å². The summed E-state index contributed by atoms with van der Waals surface area (Å²) in [5.41, 5.74) is 3.33. The number of halogens is 3. The van der Waals surface area contributed by atoms with Crippen LogP contribution in [0.1, 0.15) is 81.8 Å². The smallest absolute Gasteiger partial charge is 0.166 e. The first-order valence-electron chi connectivity index (χ1n) is 14.7. The number of ether oxygens (including phenoxy) is 2. The maximum Gasteiger partial charge on any atom is 0.166 e. The van der Waals surface area contributed by atoms with Gasteiger partial charge in [0.15, 0.2) is 17.9 Å². The first-order valence-corrected chi connectivity index (χ1v) is 14.7. The molecule has 0 aromatic heterocycles. The molecular weight excluding hydrogens is 509 g/mol. The summed E-state index contributed by atoms with van der Waals surface area (Å²) in [6, 6.07) is 15.6. The van der Waals surface area contributed by atoms with Gasteiger partial charge >= 0.3 is 0 Å². The van der Waals surface area contributed by atoms with Crippen molar-refractivity contribution in [2.75, 3.05) is 13.2 Å². The second kappa shape index (κ2) is 15.2. The molecule has 1 fully saturated rings. The summed E-state index contributed by atoms with van der Waals surface area (Å²) in [5.74, 6) is -2.05. The van der Waals surface area contributed by atoms with Crippen LogP contribution >= 0.6 is 0 Å². The minimum atomic E-state index is -0.813. The van der Waals surface area contributed by atoms with Crippen LogP contribution in [0.4, 0.5) is 13.2 Å². The maximum atomic E-state index is 15.1. The number of hydrogen-bond acceptors (Lipinski definition) is 2. The van der Waals surface area contributed by atoms with Crippen LogP contribution in [-0.4, -0.2) is 19.5 Å². The fourth-order valence-corrected chi connectivity index (χ4v) is 5.30. The Bertz CT molecular complexity index is 1230. The van der Waals surface area contributed by atoms with Crippen LogP contribution in [0.25, 0.3) is 22.3 Å². The molecule has 0 amide bonds. The van der Waals surface area contributed by atoms with Gasteiger partial charge in [-0.1, -0.05) is 100 Å². The van der Waals surface area contributed by atoms with E-state index >= 15 is 4.39 Å². The van der Waals surface area contributed by atoms with E-state index in [1.165, 1.54) is 31.7 Å². The second-order valence-corrected chi connectivity index (χ2v) is 10.7. The third kappa shape index (κ3) is 7.86. The lowest BCUT2D eigenvalue weighted by Crippen LogP contribution is -2.31. The van der Waals surface area contributed by atoms with E-state index in [0.29, 0.717) is 41.9 Å². The number of hydrogen-bond donors (Lipinski definition) is 0. The predicted octanol–water partition coefficient (Wildman–Crippen LogP) is 10.2. The Morgan fingerprint density at radius 1 is 0.775 bits per heavy atom. The Kier molecular flexibility index (Phi) is 11.4. The van der Waals surface area contributed by atoms with Gasteiger partial charge in [0.25, 0.3) is 0 Å². The molecule has 1 heterocycles. The highest BCUT2D eigenvalue weighted by atomic mass is 19.2. The summed E-state index contributed by atoms with van der Waals surface area (Å²) < 4.78 is 56.4. The fraction of sp³-hybridized carbons (Fsp3) is 0.429. The van der Waals surface area contributed by atoms with Crippen molar-refractivity contribution >= 4 is 0 Å². The van der Waals surface area contributed by atoms with Crippen LogP contribution in [0.2, 0.25) is 0 Å². The normalized spacial score (nSPS) is 17.2. The summed E-state index contributed by atoms with van der Waals surface area (Å²) >= 11 is 0. The van der Waals surface area contributed by atoms with Crippen molar-refractivity contribution in [3.8, 4) is 22.3 Å². The van der Waals surface area contributed by atoms with Crippen LogP contribution in [0.15, 0.2) is 67.3 Å². The van der Waals surface area contributed by atoms with Crippen molar-refractivity contribution in [3.63, 3.8) is 0 Å². The van der Waals surface area contributed by atoms with Gasteiger partial charge in [0.05, 0.1) is 13.2 Å². The Hall–Kier alpha value is -2.89. The third-order valence-corrected chi connectivity index (χ3v) is 7.75. The molecule has 0 N–H and O–H groups in total. The number of allylic oxidation sites excluding steroid dienone is 1. The summed E-state index contributed by atoms with van der Waals surface area (Å²) in [5, 5.41) is 0. The van der Waals surface area contributed by atoms with E-state index in [4.69, 9.17) is 9.47 Å².